The molecule has 0 N–H and O–H groups in total. The molecule has 3 aromatic rings. The molecule has 0 aliphatic carbocycles. The number of halogens is 2. The normalized spacial score (nSPS) is 10.9. The highest BCUT2D eigenvalue weighted by Crippen LogP contribution is 2.29. The second kappa shape index (κ2) is 4.72. The summed E-state index contributed by atoms with van der Waals surface area (Å²) in [6, 6.07) is 8.90. The molecule has 0 fully saturated rings. The summed E-state index contributed by atoms with van der Waals surface area (Å²) < 4.78 is 7.40. The van der Waals surface area contributed by atoms with E-state index in [2.05, 4.69) is 10.1 Å². The third-order valence-electron chi connectivity index (χ3n) is 2.60. The number of aryl methyl sites for hydroxylation is 1. The summed E-state index contributed by atoms with van der Waals surface area (Å²) in [6.07, 6.45) is 1.48. The molecule has 0 amide bonds. The van der Waals surface area contributed by atoms with Gasteiger partial charge in [0.25, 0.3) is 0 Å². The molecule has 0 aliphatic heterocycles. The highest BCUT2D eigenvalue weighted by atomic mass is 35.5. The predicted octanol–water partition coefficient (Wildman–Crippen LogP) is 4.14. The summed E-state index contributed by atoms with van der Waals surface area (Å²) in [5.41, 5.74) is 1.77. The molecule has 2 heterocycles. The Bertz CT molecular complexity index is 755. The van der Waals surface area contributed by atoms with Gasteiger partial charge < -0.3 is 4.74 Å². The zero-order valence-corrected chi connectivity index (χ0v) is 11.5. The zero-order valence-electron chi connectivity index (χ0n) is 9.97. The van der Waals surface area contributed by atoms with Gasteiger partial charge in [-0.2, -0.15) is 9.61 Å². The molecular formula is C13H9Cl2N3O. The summed E-state index contributed by atoms with van der Waals surface area (Å²) in [5, 5.41) is 5.05. The average Bonchev–Trinajstić information content (AvgIpc) is 2.82. The van der Waals surface area contributed by atoms with Gasteiger partial charge in [-0.3, -0.25) is 0 Å². The van der Waals surface area contributed by atoms with E-state index >= 15 is 0 Å². The van der Waals surface area contributed by atoms with Gasteiger partial charge in [-0.05, 0) is 30.7 Å². The second-order valence-electron chi connectivity index (χ2n) is 4.08. The van der Waals surface area contributed by atoms with Crippen molar-refractivity contribution in [3.63, 3.8) is 0 Å². The van der Waals surface area contributed by atoms with Crippen molar-refractivity contribution in [2.45, 2.75) is 6.92 Å². The van der Waals surface area contributed by atoms with E-state index < -0.39 is 0 Å². The minimum absolute atomic E-state index is 0.446. The lowest BCUT2D eigenvalue weighted by molar-refractivity contribution is 0.447. The zero-order chi connectivity index (χ0) is 13.4. The van der Waals surface area contributed by atoms with Crippen LogP contribution in [-0.2, 0) is 0 Å². The maximum absolute atomic E-state index is 5.96. The number of benzene rings is 1. The van der Waals surface area contributed by atoms with Crippen LogP contribution in [0.5, 0.6) is 11.6 Å². The van der Waals surface area contributed by atoms with Crippen molar-refractivity contribution in [3.8, 4) is 11.6 Å². The lowest BCUT2D eigenvalue weighted by atomic mass is 10.3. The fourth-order valence-corrected chi connectivity index (χ4v) is 2.04. The first-order valence-electron chi connectivity index (χ1n) is 5.57. The summed E-state index contributed by atoms with van der Waals surface area (Å²) >= 11 is 11.8. The van der Waals surface area contributed by atoms with Crippen molar-refractivity contribution >= 4 is 28.8 Å². The number of hydrogen-bond acceptors (Lipinski definition) is 3. The number of aromatic nitrogens is 3. The molecular weight excluding hydrogens is 285 g/mol. The number of nitrogens with zero attached hydrogens (tertiary/aromatic N) is 3. The maximum atomic E-state index is 5.96. The molecule has 96 valence electrons. The molecule has 0 bridgehead atoms. The third kappa shape index (κ3) is 2.37. The van der Waals surface area contributed by atoms with E-state index in [4.69, 9.17) is 27.9 Å². The molecule has 3 rings (SSSR count). The Balaban J connectivity index is 2.04. The average molecular weight is 294 g/mol. The number of rotatable bonds is 2. The van der Waals surface area contributed by atoms with Crippen LogP contribution in [0.1, 0.15) is 5.56 Å². The maximum Gasteiger partial charge on any atom is 0.222 e. The van der Waals surface area contributed by atoms with E-state index in [1.54, 1.807) is 22.7 Å². The molecule has 0 saturated carbocycles. The van der Waals surface area contributed by atoms with Crippen LogP contribution in [0.15, 0.2) is 36.7 Å². The summed E-state index contributed by atoms with van der Waals surface area (Å²) in [7, 11) is 0. The van der Waals surface area contributed by atoms with E-state index in [-0.39, 0.29) is 0 Å². The molecule has 0 unspecified atom stereocenters. The molecule has 0 aliphatic rings. The van der Waals surface area contributed by atoms with Crippen molar-refractivity contribution in [1.82, 2.24) is 14.6 Å². The van der Waals surface area contributed by atoms with Gasteiger partial charge in [0, 0.05) is 12.1 Å². The molecule has 4 nitrogen and oxygen atoms in total. The minimum atomic E-state index is 0.446. The van der Waals surface area contributed by atoms with Gasteiger partial charge in [0.1, 0.15) is 12.1 Å². The summed E-state index contributed by atoms with van der Waals surface area (Å²) in [4.78, 5) is 4.14. The quantitative estimate of drug-likeness (QED) is 0.713. The van der Waals surface area contributed by atoms with Crippen LogP contribution in [0.2, 0.25) is 10.0 Å². The van der Waals surface area contributed by atoms with Crippen LogP contribution >= 0.6 is 23.2 Å². The monoisotopic (exact) mass is 293 g/mol. The van der Waals surface area contributed by atoms with Crippen molar-refractivity contribution in [2.75, 3.05) is 0 Å². The fourth-order valence-electron chi connectivity index (χ4n) is 1.75. The van der Waals surface area contributed by atoms with Gasteiger partial charge >= 0.3 is 0 Å². The summed E-state index contributed by atoms with van der Waals surface area (Å²) in [5.74, 6) is 1.17. The molecule has 0 atom stereocenters. The first-order valence-corrected chi connectivity index (χ1v) is 6.32. The Kier molecular flexibility index (Phi) is 3.05. The van der Waals surface area contributed by atoms with Crippen molar-refractivity contribution < 1.29 is 4.74 Å². The van der Waals surface area contributed by atoms with Gasteiger partial charge in [0.2, 0.25) is 5.88 Å². The fraction of sp³-hybridized carbons (Fsp3) is 0.0769. The highest BCUT2D eigenvalue weighted by molar-refractivity contribution is 6.42. The molecule has 0 saturated heterocycles. The Morgan fingerprint density at radius 3 is 2.74 bits per heavy atom. The lowest BCUT2D eigenvalue weighted by Crippen LogP contribution is -1.96. The van der Waals surface area contributed by atoms with Gasteiger partial charge in [-0.1, -0.05) is 23.2 Å². The lowest BCUT2D eigenvalue weighted by Gasteiger charge is -2.08. The Labute approximate surface area is 119 Å². The molecule has 6 heteroatoms. The summed E-state index contributed by atoms with van der Waals surface area (Å²) in [6.45, 7) is 1.97. The SMILES string of the molecule is Cc1cc(Oc2ccc(Cl)c(Cl)c2)n2ncnc2c1. The van der Waals surface area contributed by atoms with E-state index in [1.807, 2.05) is 19.1 Å². The first kappa shape index (κ1) is 12.3. The van der Waals surface area contributed by atoms with Gasteiger partial charge in [0.15, 0.2) is 5.65 Å². The van der Waals surface area contributed by atoms with Crippen molar-refractivity contribution in [2.24, 2.45) is 0 Å². The minimum Gasteiger partial charge on any atom is -0.439 e. The first-order chi connectivity index (χ1) is 9.13. The van der Waals surface area contributed by atoms with Gasteiger partial charge in [0.05, 0.1) is 10.0 Å². The Morgan fingerprint density at radius 1 is 1.11 bits per heavy atom. The third-order valence-corrected chi connectivity index (χ3v) is 3.34. The van der Waals surface area contributed by atoms with E-state index in [9.17, 15) is 0 Å². The van der Waals surface area contributed by atoms with Crippen LogP contribution in [0.4, 0.5) is 0 Å². The smallest absolute Gasteiger partial charge is 0.222 e. The molecule has 1 aromatic carbocycles. The van der Waals surface area contributed by atoms with Crippen molar-refractivity contribution in [3.05, 3.63) is 52.3 Å². The largest absolute Gasteiger partial charge is 0.439 e. The number of fused-ring (bicyclic) bond motifs is 1. The standard InChI is InChI=1S/C13H9Cl2N3O/c1-8-4-12-16-7-17-18(12)13(5-8)19-9-2-3-10(14)11(15)6-9/h2-7H,1H3. The van der Waals surface area contributed by atoms with Crippen LogP contribution in [0.25, 0.3) is 5.65 Å². The number of ether oxygens (including phenoxy) is 1. The van der Waals surface area contributed by atoms with E-state index in [0.717, 1.165) is 11.2 Å². The van der Waals surface area contributed by atoms with Gasteiger partial charge in [-0.25, -0.2) is 4.98 Å². The number of pyridine rings is 1. The van der Waals surface area contributed by atoms with Crippen LogP contribution in [-0.4, -0.2) is 14.6 Å². The topological polar surface area (TPSA) is 39.4 Å². The predicted molar refractivity (Wildman–Crippen MR) is 74.3 cm³/mol. The van der Waals surface area contributed by atoms with Gasteiger partial charge in [-0.15, -0.1) is 0 Å². The molecule has 0 radical (unpaired) electrons. The van der Waals surface area contributed by atoms with E-state index in [0.29, 0.717) is 21.7 Å². The highest BCUT2D eigenvalue weighted by Gasteiger charge is 2.07. The van der Waals surface area contributed by atoms with E-state index in [1.165, 1.54) is 6.33 Å². The van der Waals surface area contributed by atoms with Crippen LogP contribution in [0, 0.1) is 6.92 Å². The Hall–Kier alpha value is -1.78. The molecule has 19 heavy (non-hydrogen) atoms. The Morgan fingerprint density at radius 2 is 1.95 bits per heavy atom. The van der Waals surface area contributed by atoms with Crippen LogP contribution in [0.3, 0.4) is 0 Å². The molecule has 0 spiro atoms. The van der Waals surface area contributed by atoms with Crippen molar-refractivity contribution in [1.29, 1.82) is 0 Å². The molecule has 2 aromatic heterocycles. The van der Waals surface area contributed by atoms with Crippen LogP contribution < -0.4 is 4.74 Å². The second-order valence-corrected chi connectivity index (χ2v) is 4.89. The number of hydrogen-bond donors (Lipinski definition) is 0.